The lowest BCUT2D eigenvalue weighted by molar-refractivity contribution is 0.509. The lowest BCUT2D eigenvalue weighted by Crippen LogP contribution is -2.25. The topological polar surface area (TPSA) is 76.3 Å². The van der Waals surface area contributed by atoms with Gasteiger partial charge in [0.15, 0.2) is 0 Å². The summed E-state index contributed by atoms with van der Waals surface area (Å²) in [7, 11) is -2.07. The van der Waals surface area contributed by atoms with Crippen molar-refractivity contribution in [2.75, 3.05) is 11.4 Å². The fourth-order valence-corrected chi connectivity index (χ4v) is 5.03. The number of hydrogen-bond donors (Lipinski definition) is 0. The van der Waals surface area contributed by atoms with Gasteiger partial charge < -0.3 is 4.42 Å². The third-order valence-electron chi connectivity index (χ3n) is 4.17. The third kappa shape index (κ3) is 3.07. The molecule has 1 aliphatic rings. The molecule has 0 saturated heterocycles. The van der Waals surface area contributed by atoms with Crippen LogP contribution in [0.5, 0.6) is 0 Å². The number of aryl methyl sites for hydroxylation is 1. The molecule has 0 N–H and O–H groups in total. The fourth-order valence-electron chi connectivity index (χ4n) is 2.43. The summed E-state index contributed by atoms with van der Waals surface area (Å²) in [6.45, 7) is 1.96. The molecule has 130 valence electrons. The Balaban J connectivity index is 1.62. The van der Waals surface area contributed by atoms with Crippen LogP contribution >= 0.6 is 11.3 Å². The predicted molar refractivity (Wildman–Crippen MR) is 96.4 cm³/mol. The van der Waals surface area contributed by atoms with Crippen LogP contribution in [0.2, 0.25) is 0 Å². The zero-order valence-corrected chi connectivity index (χ0v) is 15.5. The van der Waals surface area contributed by atoms with E-state index in [1.54, 1.807) is 31.3 Å². The van der Waals surface area contributed by atoms with Crippen molar-refractivity contribution in [3.05, 3.63) is 47.9 Å². The van der Waals surface area contributed by atoms with Gasteiger partial charge in [-0.15, -0.1) is 21.5 Å². The zero-order chi connectivity index (χ0) is 17.6. The third-order valence-corrected chi connectivity index (χ3v) is 7.50. The van der Waals surface area contributed by atoms with Gasteiger partial charge in [-0.2, -0.15) is 0 Å². The van der Waals surface area contributed by atoms with E-state index in [1.165, 1.54) is 4.31 Å². The summed E-state index contributed by atoms with van der Waals surface area (Å²) in [6.07, 6.45) is 2.15. The first-order valence-corrected chi connectivity index (χ1v) is 10.2. The summed E-state index contributed by atoms with van der Waals surface area (Å²) in [6, 6.07) is 10.7. The van der Waals surface area contributed by atoms with Crippen molar-refractivity contribution in [2.45, 2.75) is 29.9 Å². The molecule has 4 rings (SSSR count). The molecule has 8 heteroatoms. The van der Waals surface area contributed by atoms with Crippen LogP contribution in [0.25, 0.3) is 10.8 Å². The smallest absolute Gasteiger partial charge is 0.273 e. The van der Waals surface area contributed by atoms with Crippen LogP contribution < -0.4 is 4.31 Å². The van der Waals surface area contributed by atoms with E-state index in [1.807, 2.05) is 19.1 Å². The molecule has 0 spiro atoms. The van der Waals surface area contributed by atoms with Gasteiger partial charge in [0.1, 0.15) is 4.21 Å². The van der Waals surface area contributed by atoms with Crippen LogP contribution in [-0.4, -0.2) is 25.7 Å². The predicted octanol–water partition coefficient (Wildman–Crippen LogP) is 3.81. The maximum Gasteiger partial charge on any atom is 0.273 e. The highest BCUT2D eigenvalue weighted by Gasteiger charge is 2.30. The second-order valence-corrected chi connectivity index (χ2v) is 9.43. The summed E-state index contributed by atoms with van der Waals surface area (Å²) in [5.74, 6) is 1.40. The Bertz CT molecular complexity index is 1000. The van der Waals surface area contributed by atoms with Gasteiger partial charge in [0.2, 0.25) is 5.89 Å². The summed E-state index contributed by atoms with van der Waals surface area (Å²) in [4.78, 5) is 0.662. The van der Waals surface area contributed by atoms with E-state index >= 15 is 0 Å². The van der Waals surface area contributed by atoms with E-state index in [0.29, 0.717) is 28.3 Å². The number of sulfonamides is 1. The molecule has 1 fully saturated rings. The van der Waals surface area contributed by atoms with Crippen molar-refractivity contribution < 1.29 is 12.8 Å². The molecular weight excluding hydrogens is 358 g/mol. The monoisotopic (exact) mass is 375 g/mol. The SMILES string of the molecule is Cc1ccc(N(C)S(=O)(=O)c2ccc(-c3nnc(C4CC4)o3)s2)cc1. The zero-order valence-electron chi connectivity index (χ0n) is 13.8. The molecule has 0 radical (unpaired) electrons. The Morgan fingerprint density at radius 2 is 1.84 bits per heavy atom. The maximum absolute atomic E-state index is 12.9. The minimum atomic E-state index is -3.63. The van der Waals surface area contributed by atoms with Crippen LogP contribution in [0.3, 0.4) is 0 Å². The summed E-state index contributed by atoms with van der Waals surface area (Å²) in [5.41, 5.74) is 1.70. The lowest BCUT2D eigenvalue weighted by atomic mass is 10.2. The number of aromatic nitrogens is 2. The van der Waals surface area contributed by atoms with Gasteiger partial charge >= 0.3 is 0 Å². The van der Waals surface area contributed by atoms with E-state index < -0.39 is 10.0 Å². The van der Waals surface area contributed by atoms with Crippen molar-refractivity contribution in [2.24, 2.45) is 0 Å². The van der Waals surface area contributed by atoms with Crippen LogP contribution in [0.15, 0.2) is 45.0 Å². The molecule has 1 aromatic carbocycles. The fraction of sp³-hybridized carbons (Fsp3) is 0.294. The second-order valence-electron chi connectivity index (χ2n) is 6.15. The molecule has 0 amide bonds. The van der Waals surface area contributed by atoms with Crippen LogP contribution in [0.4, 0.5) is 5.69 Å². The molecular formula is C17H17N3O3S2. The molecule has 0 atom stereocenters. The number of thiophene rings is 1. The number of hydrogen-bond acceptors (Lipinski definition) is 6. The Hall–Kier alpha value is -2.19. The van der Waals surface area contributed by atoms with Crippen LogP contribution in [-0.2, 0) is 10.0 Å². The molecule has 1 saturated carbocycles. The molecule has 2 aromatic heterocycles. The highest BCUT2D eigenvalue weighted by Crippen LogP contribution is 2.41. The van der Waals surface area contributed by atoms with Crippen molar-refractivity contribution in [3.63, 3.8) is 0 Å². The highest BCUT2D eigenvalue weighted by molar-refractivity contribution is 7.94. The van der Waals surface area contributed by atoms with E-state index in [0.717, 1.165) is 29.7 Å². The second kappa shape index (κ2) is 5.96. The quantitative estimate of drug-likeness (QED) is 0.678. The number of nitrogens with zero attached hydrogens (tertiary/aromatic N) is 3. The van der Waals surface area contributed by atoms with E-state index in [4.69, 9.17) is 4.42 Å². The maximum atomic E-state index is 12.9. The molecule has 6 nitrogen and oxygen atoms in total. The minimum absolute atomic E-state index is 0.247. The first-order chi connectivity index (χ1) is 11.9. The summed E-state index contributed by atoms with van der Waals surface area (Å²) >= 11 is 1.14. The molecule has 0 aliphatic heterocycles. The van der Waals surface area contributed by atoms with Gasteiger partial charge in [0, 0.05) is 13.0 Å². The first kappa shape index (κ1) is 16.3. The van der Waals surface area contributed by atoms with Gasteiger partial charge in [-0.25, -0.2) is 8.42 Å². The van der Waals surface area contributed by atoms with Gasteiger partial charge in [-0.1, -0.05) is 17.7 Å². The molecule has 25 heavy (non-hydrogen) atoms. The van der Waals surface area contributed by atoms with Gasteiger partial charge in [-0.05, 0) is 44.0 Å². The van der Waals surface area contributed by atoms with Gasteiger partial charge in [0.25, 0.3) is 15.9 Å². The van der Waals surface area contributed by atoms with Crippen LogP contribution in [0.1, 0.15) is 30.2 Å². The lowest BCUT2D eigenvalue weighted by Gasteiger charge is -2.18. The summed E-state index contributed by atoms with van der Waals surface area (Å²) in [5, 5.41) is 8.09. The number of anilines is 1. The average molecular weight is 375 g/mol. The van der Waals surface area contributed by atoms with Crippen LogP contribution in [0, 0.1) is 6.92 Å². The molecule has 0 unspecified atom stereocenters. The van der Waals surface area contributed by atoms with Crippen molar-refractivity contribution >= 4 is 27.0 Å². The van der Waals surface area contributed by atoms with Crippen molar-refractivity contribution in [3.8, 4) is 10.8 Å². The molecule has 2 heterocycles. The molecule has 1 aliphatic carbocycles. The average Bonchev–Trinajstić information content (AvgIpc) is 3.12. The van der Waals surface area contributed by atoms with Crippen molar-refractivity contribution in [1.82, 2.24) is 10.2 Å². The highest BCUT2D eigenvalue weighted by atomic mass is 32.2. The first-order valence-electron chi connectivity index (χ1n) is 7.94. The molecule has 0 bridgehead atoms. The van der Waals surface area contributed by atoms with E-state index in [2.05, 4.69) is 10.2 Å². The van der Waals surface area contributed by atoms with E-state index in [-0.39, 0.29) is 4.21 Å². The molecule has 3 aromatic rings. The van der Waals surface area contributed by atoms with Gasteiger partial charge in [-0.3, -0.25) is 4.31 Å². The Kier molecular flexibility index (Phi) is 3.88. The standard InChI is InChI=1S/C17H17N3O3S2/c1-11-3-7-13(8-4-11)20(2)25(21,22)15-10-9-14(24-15)17-19-18-16(23-17)12-5-6-12/h3-4,7-10,12H,5-6H2,1-2H3. The summed E-state index contributed by atoms with van der Waals surface area (Å²) < 4.78 is 32.9. The number of rotatable bonds is 5. The Morgan fingerprint density at radius 3 is 2.52 bits per heavy atom. The largest absolute Gasteiger partial charge is 0.420 e. The minimum Gasteiger partial charge on any atom is -0.420 e. The van der Waals surface area contributed by atoms with Crippen molar-refractivity contribution in [1.29, 1.82) is 0 Å². The Morgan fingerprint density at radius 1 is 1.12 bits per heavy atom. The van der Waals surface area contributed by atoms with Gasteiger partial charge in [0.05, 0.1) is 10.6 Å². The van der Waals surface area contributed by atoms with E-state index in [9.17, 15) is 8.42 Å². The number of benzene rings is 1. The Labute approximate surface area is 150 Å². The normalized spacial score (nSPS) is 14.6.